The molecule has 0 saturated carbocycles. The highest BCUT2D eigenvalue weighted by Gasteiger charge is 2.14. The number of hydrogen-bond donors (Lipinski definition) is 2. The van der Waals surface area contributed by atoms with Gasteiger partial charge in [-0.25, -0.2) is 9.97 Å². The summed E-state index contributed by atoms with van der Waals surface area (Å²) in [6, 6.07) is 11.9. The number of aryl methyl sites for hydroxylation is 1. The summed E-state index contributed by atoms with van der Waals surface area (Å²) in [7, 11) is 0. The lowest BCUT2D eigenvalue weighted by atomic mass is 10.1. The summed E-state index contributed by atoms with van der Waals surface area (Å²) in [4.78, 5) is 24.0. The Morgan fingerprint density at radius 1 is 1.13 bits per heavy atom. The molecule has 1 aliphatic rings. The lowest BCUT2D eigenvalue weighted by molar-refractivity contribution is -0.0498. The van der Waals surface area contributed by atoms with E-state index >= 15 is 0 Å². The predicted molar refractivity (Wildman–Crippen MR) is 144 cm³/mol. The maximum absolute atomic E-state index is 12.7. The Morgan fingerprint density at radius 3 is 2.67 bits per heavy atom. The fourth-order valence-corrected chi connectivity index (χ4v) is 4.59. The molecule has 1 fully saturated rings. The van der Waals surface area contributed by atoms with Gasteiger partial charge in [-0.15, -0.1) is 0 Å². The molecule has 1 aliphatic heterocycles. The van der Waals surface area contributed by atoms with Crippen LogP contribution >= 0.6 is 0 Å². The standard InChI is InChI=1S/C28H30F2N6O3/c1-19-17-21(5-8-23(19)27(37)32-9-2-11-35-13-15-38-16-14-35)34-25-26-33-18-24(36(26)12-10-31-25)20-3-6-22(7-4-20)39-28(29)30/h3-8,10,12,17-18,28H,2,9,11,13-16H2,1H3,(H,31,34)(H,32,37). The monoisotopic (exact) mass is 536 g/mol. The number of anilines is 2. The number of morpholine rings is 1. The molecule has 2 aromatic carbocycles. The quantitative estimate of drug-likeness (QED) is 0.288. The normalized spacial score (nSPS) is 14.1. The third kappa shape index (κ3) is 6.50. The lowest BCUT2D eigenvalue weighted by Gasteiger charge is -2.26. The second-order valence-corrected chi connectivity index (χ2v) is 9.23. The number of benzene rings is 2. The molecule has 1 saturated heterocycles. The first-order valence-electron chi connectivity index (χ1n) is 12.8. The van der Waals surface area contributed by atoms with Crippen LogP contribution in [0.2, 0.25) is 0 Å². The topological polar surface area (TPSA) is 93.0 Å². The van der Waals surface area contributed by atoms with Crippen molar-refractivity contribution < 1.29 is 23.0 Å². The first-order chi connectivity index (χ1) is 19.0. The molecule has 0 aliphatic carbocycles. The molecular weight excluding hydrogens is 506 g/mol. The molecule has 3 heterocycles. The van der Waals surface area contributed by atoms with Crippen molar-refractivity contribution in [3.63, 3.8) is 0 Å². The van der Waals surface area contributed by atoms with Crippen molar-refractivity contribution in [3.8, 4) is 17.0 Å². The molecule has 1 amide bonds. The minimum atomic E-state index is -2.87. The van der Waals surface area contributed by atoms with Crippen molar-refractivity contribution in [2.24, 2.45) is 0 Å². The van der Waals surface area contributed by atoms with Crippen LogP contribution in [0.3, 0.4) is 0 Å². The van der Waals surface area contributed by atoms with Gasteiger partial charge in [-0.1, -0.05) is 0 Å². The van der Waals surface area contributed by atoms with Gasteiger partial charge in [-0.3, -0.25) is 14.1 Å². The summed E-state index contributed by atoms with van der Waals surface area (Å²) >= 11 is 0. The van der Waals surface area contributed by atoms with Crippen LogP contribution in [0.1, 0.15) is 22.3 Å². The van der Waals surface area contributed by atoms with E-state index in [1.165, 1.54) is 12.1 Å². The number of nitrogens with zero attached hydrogens (tertiary/aromatic N) is 4. The van der Waals surface area contributed by atoms with Crippen LogP contribution in [0, 0.1) is 6.92 Å². The average Bonchev–Trinajstić information content (AvgIpc) is 3.37. The summed E-state index contributed by atoms with van der Waals surface area (Å²) in [5.41, 5.74) is 4.40. The van der Waals surface area contributed by atoms with Gasteiger partial charge in [-0.2, -0.15) is 8.78 Å². The van der Waals surface area contributed by atoms with E-state index in [-0.39, 0.29) is 11.7 Å². The molecule has 0 radical (unpaired) electrons. The number of ether oxygens (including phenoxy) is 2. The highest BCUT2D eigenvalue weighted by Crippen LogP contribution is 2.27. The maximum Gasteiger partial charge on any atom is 0.387 e. The number of halogens is 2. The first kappa shape index (κ1) is 26.5. The van der Waals surface area contributed by atoms with Gasteiger partial charge in [0.1, 0.15) is 5.75 Å². The molecule has 39 heavy (non-hydrogen) atoms. The molecule has 9 nitrogen and oxygen atoms in total. The van der Waals surface area contributed by atoms with Gasteiger partial charge in [0, 0.05) is 48.8 Å². The maximum atomic E-state index is 12.7. The second kappa shape index (κ2) is 12.2. The molecular formula is C28H30F2N6O3. The molecule has 2 aromatic heterocycles. The number of fused-ring (bicyclic) bond motifs is 1. The van der Waals surface area contributed by atoms with Crippen molar-refractivity contribution in [2.75, 3.05) is 44.7 Å². The van der Waals surface area contributed by atoms with E-state index in [0.717, 1.165) is 61.8 Å². The van der Waals surface area contributed by atoms with Crippen LogP contribution < -0.4 is 15.4 Å². The van der Waals surface area contributed by atoms with Crippen molar-refractivity contribution in [2.45, 2.75) is 20.0 Å². The Labute approximate surface area is 224 Å². The van der Waals surface area contributed by atoms with Crippen LogP contribution in [0.15, 0.2) is 61.1 Å². The molecule has 0 unspecified atom stereocenters. The molecule has 204 valence electrons. The number of aromatic nitrogens is 3. The minimum Gasteiger partial charge on any atom is -0.435 e. The fourth-order valence-electron chi connectivity index (χ4n) is 4.59. The summed E-state index contributed by atoms with van der Waals surface area (Å²) in [5, 5.41) is 6.31. The number of alkyl halides is 2. The lowest BCUT2D eigenvalue weighted by Crippen LogP contribution is -2.38. The number of carbonyl (C=O) groups is 1. The third-order valence-electron chi connectivity index (χ3n) is 6.58. The van der Waals surface area contributed by atoms with Crippen LogP contribution in [-0.4, -0.2) is 71.2 Å². The van der Waals surface area contributed by atoms with Gasteiger partial charge in [0.05, 0.1) is 25.1 Å². The van der Waals surface area contributed by atoms with Crippen LogP contribution in [0.25, 0.3) is 16.9 Å². The van der Waals surface area contributed by atoms with Gasteiger partial charge in [0.2, 0.25) is 0 Å². The zero-order valence-corrected chi connectivity index (χ0v) is 21.6. The number of rotatable bonds is 10. The van der Waals surface area contributed by atoms with E-state index in [1.54, 1.807) is 36.8 Å². The van der Waals surface area contributed by atoms with E-state index in [2.05, 4.69) is 30.2 Å². The smallest absolute Gasteiger partial charge is 0.387 e. The van der Waals surface area contributed by atoms with Crippen LogP contribution in [0.5, 0.6) is 5.75 Å². The van der Waals surface area contributed by atoms with Gasteiger partial charge < -0.3 is 20.1 Å². The van der Waals surface area contributed by atoms with Gasteiger partial charge in [0.25, 0.3) is 5.91 Å². The number of carbonyl (C=O) groups excluding carboxylic acids is 1. The minimum absolute atomic E-state index is 0.0899. The van der Waals surface area contributed by atoms with Crippen molar-refractivity contribution in [1.82, 2.24) is 24.6 Å². The fraction of sp³-hybridized carbons (Fsp3) is 0.321. The highest BCUT2D eigenvalue weighted by molar-refractivity contribution is 5.96. The SMILES string of the molecule is Cc1cc(Nc2nccn3c(-c4ccc(OC(F)F)cc4)cnc23)ccc1C(=O)NCCCN1CCOCC1. The van der Waals surface area contributed by atoms with Crippen LogP contribution in [0.4, 0.5) is 20.3 Å². The second-order valence-electron chi connectivity index (χ2n) is 9.23. The van der Waals surface area contributed by atoms with Crippen molar-refractivity contribution in [3.05, 3.63) is 72.2 Å². The molecule has 0 spiro atoms. The number of amides is 1. The molecule has 11 heteroatoms. The Balaban J connectivity index is 1.23. The van der Waals surface area contributed by atoms with E-state index < -0.39 is 6.61 Å². The summed E-state index contributed by atoms with van der Waals surface area (Å²) in [6.07, 6.45) is 6.02. The molecule has 4 aromatic rings. The zero-order chi connectivity index (χ0) is 27.2. The molecule has 0 atom stereocenters. The van der Waals surface area contributed by atoms with E-state index in [9.17, 15) is 13.6 Å². The molecule has 2 N–H and O–H groups in total. The van der Waals surface area contributed by atoms with E-state index in [0.29, 0.717) is 23.6 Å². The Kier molecular flexibility index (Phi) is 8.28. The van der Waals surface area contributed by atoms with Gasteiger partial charge >= 0.3 is 6.61 Å². The summed E-state index contributed by atoms with van der Waals surface area (Å²) in [5.74, 6) is 0.539. The van der Waals surface area contributed by atoms with Crippen LogP contribution in [-0.2, 0) is 4.74 Å². The van der Waals surface area contributed by atoms with Gasteiger partial charge in [-0.05, 0) is 67.9 Å². The number of imidazole rings is 1. The Hall–Kier alpha value is -4.09. The zero-order valence-electron chi connectivity index (χ0n) is 21.6. The Bertz CT molecular complexity index is 1420. The Morgan fingerprint density at radius 2 is 1.92 bits per heavy atom. The third-order valence-corrected chi connectivity index (χ3v) is 6.58. The first-order valence-corrected chi connectivity index (χ1v) is 12.8. The molecule has 0 bridgehead atoms. The number of hydrogen-bond acceptors (Lipinski definition) is 7. The van der Waals surface area contributed by atoms with Gasteiger partial charge in [0.15, 0.2) is 11.5 Å². The summed E-state index contributed by atoms with van der Waals surface area (Å²) in [6.45, 7) is 4.01. The highest BCUT2D eigenvalue weighted by atomic mass is 19.3. The van der Waals surface area contributed by atoms with E-state index in [1.807, 2.05) is 23.5 Å². The molecule has 5 rings (SSSR count). The van der Waals surface area contributed by atoms with Crippen molar-refractivity contribution >= 4 is 23.1 Å². The summed E-state index contributed by atoms with van der Waals surface area (Å²) < 4.78 is 36.6. The van der Waals surface area contributed by atoms with E-state index in [4.69, 9.17) is 4.74 Å². The predicted octanol–water partition coefficient (Wildman–Crippen LogP) is 4.50. The average molecular weight is 537 g/mol. The largest absolute Gasteiger partial charge is 0.435 e. The number of nitrogens with one attached hydrogen (secondary N) is 2. The van der Waals surface area contributed by atoms with Crippen molar-refractivity contribution in [1.29, 1.82) is 0 Å².